The molecule has 1 aliphatic carbocycles. The van der Waals surface area contributed by atoms with Gasteiger partial charge in [-0.3, -0.25) is 4.79 Å². The zero-order chi connectivity index (χ0) is 13.9. The van der Waals surface area contributed by atoms with E-state index >= 15 is 0 Å². The summed E-state index contributed by atoms with van der Waals surface area (Å²) < 4.78 is 21.6. The molecule has 110 valence electrons. The molecule has 1 aliphatic heterocycles. The number of hydrogen-bond donors (Lipinski definition) is 3. The first-order valence-electron chi connectivity index (χ1n) is 7.00. The van der Waals surface area contributed by atoms with Crippen LogP contribution in [0.4, 0.5) is 0 Å². The van der Waals surface area contributed by atoms with Crippen LogP contribution in [-0.2, 0) is 14.8 Å². The molecule has 1 heterocycles. The highest BCUT2D eigenvalue weighted by Gasteiger charge is 2.34. The van der Waals surface area contributed by atoms with Crippen LogP contribution in [0, 0.1) is 5.92 Å². The number of carbonyl (C=O) groups is 1. The van der Waals surface area contributed by atoms with Gasteiger partial charge in [0.25, 0.3) is 0 Å². The summed E-state index contributed by atoms with van der Waals surface area (Å²) in [4.78, 5) is 11.9. The minimum atomic E-state index is -3.50. The van der Waals surface area contributed by atoms with E-state index in [9.17, 15) is 13.2 Å². The van der Waals surface area contributed by atoms with Crippen LogP contribution in [0.2, 0.25) is 0 Å². The van der Waals surface area contributed by atoms with E-state index in [4.69, 9.17) is 5.14 Å². The van der Waals surface area contributed by atoms with Crippen molar-refractivity contribution in [2.75, 3.05) is 12.3 Å². The summed E-state index contributed by atoms with van der Waals surface area (Å²) in [5.41, 5.74) is 0. The van der Waals surface area contributed by atoms with E-state index in [0.29, 0.717) is 12.0 Å². The van der Waals surface area contributed by atoms with Gasteiger partial charge < -0.3 is 10.6 Å². The van der Waals surface area contributed by atoms with E-state index < -0.39 is 10.0 Å². The van der Waals surface area contributed by atoms with Crippen molar-refractivity contribution < 1.29 is 13.2 Å². The predicted molar refractivity (Wildman–Crippen MR) is 72.9 cm³/mol. The molecular formula is C12H23N3O3S. The number of nitrogens with two attached hydrogens (primary N) is 1. The van der Waals surface area contributed by atoms with E-state index in [1.807, 2.05) is 0 Å². The van der Waals surface area contributed by atoms with E-state index in [-0.39, 0.29) is 24.2 Å². The number of hydrogen-bond acceptors (Lipinski definition) is 4. The molecule has 2 fully saturated rings. The SMILES string of the molecule is NS(=O)(=O)CCNC(=O)C1CCC2CCCCC2N1. The molecule has 0 aromatic rings. The summed E-state index contributed by atoms with van der Waals surface area (Å²) in [5, 5.41) is 10.9. The van der Waals surface area contributed by atoms with Gasteiger partial charge in [0.05, 0.1) is 11.8 Å². The molecule has 2 rings (SSSR count). The molecule has 0 aromatic carbocycles. The van der Waals surface area contributed by atoms with E-state index in [2.05, 4.69) is 10.6 Å². The van der Waals surface area contributed by atoms with Crippen LogP contribution < -0.4 is 15.8 Å². The van der Waals surface area contributed by atoms with Gasteiger partial charge in [-0.1, -0.05) is 12.8 Å². The molecule has 0 radical (unpaired) electrons. The van der Waals surface area contributed by atoms with Gasteiger partial charge in [0, 0.05) is 12.6 Å². The van der Waals surface area contributed by atoms with Gasteiger partial charge >= 0.3 is 0 Å². The number of amides is 1. The Kier molecular flexibility index (Phi) is 4.81. The normalized spacial score (nSPS) is 31.5. The van der Waals surface area contributed by atoms with Gasteiger partial charge in [-0.05, 0) is 31.6 Å². The Morgan fingerprint density at radius 3 is 2.68 bits per heavy atom. The Morgan fingerprint density at radius 1 is 1.21 bits per heavy atom. The predicted octanol–water partition coefficient (Wildman–Crippen LogP) is -0.298. The minimum Gasteiger partial charge on any atom is -0.354 e. The zero-order valence-corrected chi connectivity index (χ0v) is 11.9. The average molecular weight is 289 g/mol. The van der Waals surface area contributed by atoms with Gasteiger partial charge in [0.15, 0.2) is 0 Å². The van der Waals surface area contributed by atoms with Crippen molar-refractivity contribution in [2.24, 2.45) is 11.1 Å². The topological polar surface area (TPSA) is 101 Å². The lowest BCUT2D eigenvalue weighted by Gasteiger charge is -2.39. The second-order valence-corrected chi connectivity index (χ2v) is 7.34. The van der Waals surface area contributed by atoms with Crippen LogP contribution in [0.15, 0.2) is 0 Å². The quantitative estimate of drug-likeness (QED) is 0.661. The zero-order valence-electron chi connectivity index (χ0n) is 11.1. The highest BCUT2D eigenvalue weighted by Crippen LogP contribution is 2.32. The van der Waals surface area contributed by atoms with E-state index in [1.165, 1.54) is 19.3 Å². The maximum atomic E-state index is 11.9. The highest BCUT2D eigenvalue weighted by molar-refractivity contribution is 7.89. The van der Waals surface area contributed by atoms with Crippen LogP contribution in [0.25, 0.3) is 0 Å². The van der Waals surface area contributed by atoms with Crippen LogP contribution in [0.1, 0.15) is 38.5 Å². The number of fused-ring (bicyclic) bond motifs is 1. The van der Waals surface area contributed by atoms with Gasteiger partial charge in [0.2, 0.25) is 15.9 Å². The fourth-order valence-corrected chi connectivity index (χ4v) is 3.53. The monoisotopic (exact) mass is 289 g/mol. The summed E-state index contributed by atoms with van der Waals surface area (Å²) in [6.07, 6.45) is 6.86. The van der Waals surface area contributed by atoms with Crippen molar-refractivity contribution >= 4 is 15.9 Å². The van der Waals surface area contributed by atoms with Crippen molar-refractivity contribution in [3.8, 4) is 0 Å². The molecule has 1 saturated heterocycles. The fourth-order valence-electron chi connectivity index (χ4n) is 3.14. The van der Waals surface area contributed by atoms with Crippen LogP contribution >= 0.6 is 0 Å². The van der Waals surface area contributed by atoms with Crippen molar-refractivity contribution in [1.29, 1.82) is 0 Å². The second-order valence-electron chi connectivity index (χ2n) is 5.61. The van der Waals surface area contributed by atoms with Crippen molar-refractivity contribution in [2.45, 2.75) is 50.6 Å². The van der Waals surface area contributed by atoms with E-state index in [0.717, 1.165) is 19.3 Å². The maximum Gasteiger partial charge on any atom is 0.237 e. The van der Waals surface area contributed by atoms with Crippen molar-refractivity contribution in [3.63, 3.8) is 0 Å². The van der Waals surface area contributed by atoms with Crippen LogP contribution in [0.5, 0.6) is 0 Å². The summed E-state index contributed by atoms with van der Waals surface area (Å²) in [7, 11) is -3.50. The number of sulfonamides is 1. The third-order valence-corrected chi connectivity index (χ3v) is 4.93. The molecule has 1 saturated carbocycles. The summed E-state index contributed by atoms with van der Waals surface area (Å²) in [6, 6.07) is 0.274. The standard InChI is InChI=1S/C12H23N3O3S/c13-19(17,18)8-7-14-12(16)11-6-5-9-3-1-2-4-10(9)15-11/h9-11,15H,1-8H2,(H,14,16)(H2,13,17,18). The first-order valence-corrected chi connectivity index (χ1v) is 8.71. The number of primary sulfonamides is 1. The molecule has 6 nitrogen and oxygen atoms in total. The molecular weight excluding hydrogens is 266 g/mol. The maximum absolute atomic E-state index is 11.9. The highest BCUT2D eigenvalue weighted by atomic mass is 32.2. The smallest absolute Gasteiger partial charge is 0.237 e. The van der Waals surface area contributed by atoms with Crippen LogP contribution in [0.3, 0.4) is 0 Å². The number of piperidine rings is 1. The summed E-state index contributed by atoms with van der Waals surface area (Å²) in [6.45, 7) is 0.0872. The van der Waals surface area contributed by atoms with E-state index in [1.54, 1.807) is 0 Å². The number of nitrogens with one attached hydrogen (secondary N) is 2. The fraction of sp³-hybridized carbons (Fsp3) is 0.917. The number of carbonyl (C=O) groups excluding carboxylic acids is 1. The van der Waals surface area contributed by atoms with Crippen molar-refractivity contribution in [3.05, 3.63) is 0 Å². The first kappa shape index (κ1) is 14.7. The Bertz CT molecular complexity index is 424. The Labute approximate surface area is 114 Å². The molecule has 0 spiro atoms. The molecule has 3 unspecified atom stereocenters. The third kappa shape index (κ3) is 4.43. The molecule has 1 amide bonds. The van der Waals surface area contributed by atoms with Gasteiger partial charge in [-0.15, -0.1) is 0 Å². The van der Waals surface area contributed by atoms with Gasteiger partial charge in [0.1, 0.15) is 0 Å². The molecule has 4 N–H and O–H groups in total. The molecule has 2 aliphatic rings. The largest absolute Gasteiger partial charge is 0.354 e. The molecule has 3 atom stereocenters. The molecule has 0 aromatic heterocycles. The lowest BCUT2D eigenvalue weighted by Crippen LogP contribution is -2.55. The first-order chi connectivity index (χ1) is 8.96. The number of rotatable bonds is 4. The second kappa shape index (κ2) is 6.19. The van der Waals surface area contributed by atoms with Gasteiger partial charge in [-0.2, -0.15) is 0 Å². The lowest BCUT2D eigenvalue weighted by atomic mass is 9.77. The van der Waals surface area contributed by atoms with Gasteiger partial charge in [-0.25, -0.2) is 13.6 Å². The summed E-state index contributed by atoms with van der Waals surface area (Å²) in [5.74, 6) is 0.396. The van der Waals surface area contributed by atoms with Crippen molar-refractivity contribution in [1.82, 2.24) is 10.6 Å². The molecule has 19 heavy (non-hydrogen) atoms. The lowest BCUT2D eigenvalue weighted by molar-refractivity contribution is -0.124. The Hall–Kier alpha value is -0.660. The summed E-state index contributed by atoms with van der Waals surface area (Å²) >= 11 is 0. The minimum absolute atomic E-state index is 0.0872. The molecule has 0 bridgehead atoms. The Balaban J connectivity index is 1.77. The Morgan fingerprint density at radius 2 is 1.95 bits per heavy atom. The third-order valence-electron chi connectivity index (χ3n) is 4.15. The molecule has 7 heteroatoms. The average Bonchev–Trinajstić information content (AvgIpc) is 2.36. The van der Waals surface area contributed by atoms with Crippen LogP contribution in [-0.4, -0.2) is 38.7 Å².